The van der Waals surface area contributed by atoms with Crippen molar-refractivity contribution in [1.29, 1.82) is 0 Å². The second kappa shape index (κ2) is 6.21. The molecule has 8 heteroatoms. The molecule has 0 unspecified atom stereocenters. The minimum absolute atomic E-state index is 0.514. The molecule has 2 heterocycles. The summed E-state index contributed by atoms with van der Waals surface area (Å²) in [6.45, 7) is 0. The predicted octanol–water partition coefficient (Wildman–Crippen LogP) is -0.0793. The van der Waals surface area contributed by atoms with E-state index in [0.717, 1.165) is 47.7 Å². The van der Waals surface area contributed by atoms with Crippen LogP contribution in [0.2, 0.25) is 0 Å². The molecule has 1 aliphatic rings. The molecule has 0 aliphatic heterocycles. The van der Waals surface area contributed by atoms with Crippen molar-refractivity contribution in [3.8, 4) is 0 Å². The van der Waals surface area contributed by atoms with Gasteiger partial charge in [-0.05, 0) is 31.2 Å². The second-order valence-corrected chi connectivity index (χ2v) is 7.35. The number of carbonyl (C=O) groups excluding carboxylic acids is 2. The fourth-order valence-corrected chi connectivity index (χ4v) is 4.93. The van der Waals surface area contributed by atoms with E-state index in [4.69, 9.17) is 0 Å². The van der Waals surface area contributed by atoms with Crippen LogP contribution in [0, 0.1) is 0 Å². The molecular formula is C14H12N2O4S2-2. The highest BCUT2D eigenvalue weighted by atomic mass is 32.2. The molecule has 0 bridgehead atoms. The van der Waals surface area contributed by atoms with Gasteiger partial charge < -0.3 is 19.8 Å². The molecule has 1 atom stereocenters. The smallest absolute Gasteiger partial charge is 0.128 e. The summed E-state index contributed by atoms with van der Waals surface area (Å²) >= 11 is 2.51. The maximum absolute atomic E-state index is 11.1. The summed E-state index contributed by atoms with van der Waals surface area (Å²) in [5.41, 5.74) is 1.18. The maximum Gasteiger partial charge on any atom is 0.128 e. The minimum atomic E-state index is -1.43. The third-order valence-corrected chi connectivity index (χ3v) is 5.96. The monoisotopic (exact) mass is 336 g/mol. The van der Waals surface area contributed by atoms with Gasteiger partial charge in [0, 0.05) is 22.7 Å². The SMILES string of the molecule is O=C([O-])C[C@H](Sc1ncnc2sc3c(c12)CCCC3)C(=O)[O-]. The van der Waals surface area contributed by atoms with Crippen LogP contribution in [-0.2, 0) is 22.4 Å². The van der Waals surface area contributed by atoms with E-state index in [2.05, 4.69) is 9.97 Å². The van der Waals surface area contributed by atoms with E-state index < -0.39 is 23.6 Å². The van der Waals surface area contributed by atoms with Gasteiger partial charge in [-0.1, -0.05) is 11.8 Å². The van der Waals surface area contributed by atoms with Crippen LogP contribution >= 0.6 is 23.1 Å². The Labute approximate surface area is 134 Å². The average molecular weight is 336 g/mol. The molecule has 2 aromatic rings. The van der Waals surface area contributed by atoms with Crippen molar-refractivity contribution in [2.24, 2.45) is 0 Å². The number of thioether (sulfide) groups is 1. The van der Waals surface area contributed by atoms with Crippen LogP contribution in [0.4, 0.5) is 0 Å². The number of aryl methyl sites for hydroxylation is 2. The summed E-state index contributed by atoms with van der Waals surface area (Å²) in [6.07, 6.45) is 4.93. The van der Waals surface area contributed by atoms with Gasteiger partial charge in [0.15, 0.2) is 0 Å². The quantitative estimate of drug-likeness (QED) is 0.555. The number of nitrogens with zero attached hydrogens (tertiary/aromatic N) is 2. The summed E-state index contributed by atoms with van der Waals surface area (Å²) in [5.74, 6) is -2.84. The van der Waals surface area contributed by atoms with Gasteiger partial charge in [0.25, 0.3) is 0 Å². The summed E-state index contributed by atoms with van der Waals surface area (Å²) in [4.78, 5) is 32.4. The van der Waals surface area contributed by atoms with E-state index in [1.807, 2.05) is 0 Å². The molecule has 1 aliphatic carbocycles. The summed E-state index contributed by atoms with van der Waals surface area (Å²) < 4.78 is 0. The lowest BCUT2D eigenvalue weighted by Crippen LogP contribution is -2.38. The van der Waals surface area contributed by atoms with Crippen molar-refractivity contribution in [3.05, 3.63) is 16.8 Å². The fourth-order valence-electron chi connectivity index (χ4n) is 2.61. The molecule has 3 rings (SSSR count). The molecule has 0 saturated heterocycles. The van der Waals surface area contributed by atoms with Crippen LogP contribution < -0.4 is 10.2 Å². The van der Waals surface area contributed by atoms with E-state index in [0.29, 0.717) is 5.03 Å². The molecule has 0 amide bonds. The predicted molar refractivity (Wildman–Crippen MR) is 78.3 cm³/mol. The van der Waals surface area contributed by atoms with Crippen LogP contribution in [0.3, 0.4) is 0 Å². The van der Waals surface area contributed by atoms with Crippen LogP contribution in [-0.4, -0.2) is 27.2 Å². The van der Waals surface area contributed by atoms with Crippen LogP contribution in [0.5, 0.6) is 0 Å². The van der Waals surface area contributed by atoms with Crippen LogP contribution in [0.25, 0.3) is 10.2 Å². The zero-order valence-corrected chi connectivity index (χ0v) is 13.2. The van der Waals surface area contributed by atoms with Gasteiger partial charge in [0.05, 0.1) is 11.2 Å². The van der Waals surface area contributed by atoms with E-state index in [1.165, 1.54) is 16.8 Å². The molecule has 0 radical (unpaired) electrons. The fraction of sp³-hybridized carbons (Fsp3) is 0.429. The third-order valence-electron chi connectivity index (χ3n) is 3.59. The number of hydrogen-bond donors (Lipinski definition) is 0. The molecule has 0 saturated carbocycles. The molecule has 0 aromatic carbocycles. The molecule has 0 fully saturated rings. The Kier molecular flexibility index (Phi) is 4.30. The van der Waals surface area contributed by atoms with Crippen LogP contribution in [0.1, 0.15) is 29.7 Å². The van der Waals surface area contributed by atoms with E-state index in [9.17, 15) is 19.8 Å². The molecule has 2 aromatic heterocycles. The normalized spacial score (nSPS) is 15.5. The van der Waals surface area contributed by atoms with Crippen molar-refractivity contribution in [3.63, 3.8) is 0 Å². The first-order chi connectivity index (χ1) is 10.6. The maximum atomic E-state index is 11.1. The van der Waals surface area contributed by atoms with Crippen molar-refractivity contribution in [1.82, 2.24) is 9.97 Å². The topological polar surface area (TPSA) is 106 Å². The van der Waals surface area contributed by atoms with Gasteiger partial charge in [-0.15, -0.1) is 11.3 Å². The summed E-state index contributed by atoms with van der Waals surface area (Å²) in [7, 11) is 0. The first-order valence-corrected chi connectivity index (χ1v) is 8.58. The van der Waals surface area contributed by atoms with Gasteiger partial charge in [-0.3, -0.25) is 0 Å². The van der Waals surface area contributed by atoms with Crippen LogP contribution in [0.15, 0.2) is 11.4 Å². The number of thiophene rings is 1. The third kappa shape index (κ3) is 2.93. The van der Waals surface area contributed by atoms with Gasteiger partial charge in [-0.25, -0.2) is 9.97 Å². The van der Waals surface area contributed by atoms with Gasteiger partial charge >= 0.3 is 0 Å². The van der Waals surface area contributed by atoms with Crippen molar-refractivity contribution < 1.29 is 19.8 Å². The number of aromatic nitrogens is 2. The largest absolute Gasteiger partial charge is 0.550 e. The Bertz CT molecular complexity index is 744. The standard InChI is InChI=1S/C14H14N2O4S2/c17-10(18)5-9(14(19)20)22-13-11-7-3-1-2-4-8(7)21-12(11)15-6-16-13/h6,9H,1-5H2,(H,17,18)(H,19,20)/p-2/t9-/m0/s1. The van der Waals surface area contributed by atoms with Crippen molar-refractivity contribution in [2.45, 2.75) is 42.4 Å². The minimum Gasteiger partial charge on any atom is -0.550 e. The van der Waals surface area contributed by atoms with Gasteiger partial charge in [0.1, 0.15) is 16.2 Å². The van der Waals surface area contributed by atoms with E-state index >= 15 is 0 Å². The van der Waals surface area contributed by atoms with E-state index in [-0.39, 0.29) is 0 Å². The summed E-state index contributed by atoms with van der Waals surface area (Å²) in [6, 6.07) is 0. The van der Waals surface area contributed by atoms with Crippen molar-refractivity contribution >= 4 is 45.3 Å². The summed E-state index contributed by atoms with van der Waals surface area (Å²) in [5, 5.41) is 22.0. The van der Waals surface area contributed by atoms with Gasteiger partial charge in [-0.2, -0.15) is 0 Å². The molecule has 22 heavy (non-hydrogen) atoms. The number of aliphatic carboxylic acids is 2. The second-order valence-electron chi connectivity index (χ2n) is 5.07. The number of carboxylic acids is 2. The molecular weight excluding hydrogens is 324 g/mol. The number of rotatable bonds is 5. The molecule has 116 valence electrons. The lowest BCUT2D eigenvalue weighted by molar-refractivity contribution is -0.314. The highest BCUT2D eigenvalue weighted by Gasteiger charge is 2.22. The Morgan fingerprint density at radius 2 is 2.05 bits per heavy atom. The lowest BCUT2D eigenvalue weighted by atomic mass is 9.97. The number of carbonyl (C=O) groups is 2. The Morgan fingerprint density at radius 3 is 2.77 bits per heavy atom. The Morgan fingerprint density at radius 1 is 1.27 bits per heavy atom. The van der Waals surface area contributed by atoms with E-state index in [1.54, 1.807) is 11.3 Å². The number of hydrogen-bond acceptors (Lipinski definition) is 8. The first-order valence-electron chi connectivity index (χ1n) is 6.89. The Hall–Kier alpha value is -1.67. The highest BCUT2D eigenvalue weighted by molar-refractivity contribution is 8.00. The first kappa shape index (κ1) is 15.2. The van der Waals surface area contributed by atoms with Gasteiger partial charge in [0.2, 0.25) is 0 Å². The lowest BCUT2D eigenvalue weighted by Gasteiger charge is -2.18. The van der Waals surface area contributed by atoms with Crippen molar-refractivity contribution in [2.75, 3.05) is 0 Å². The zero-order chi connectivity index (χ0) is 15.7. The zero-order valence-electron chi connectivity index (χ0n) is 11.5. The Balaban J connectivity index is 2.01. The number of fused-ring (bicyclic) bond motifs is 3. The molecule has 6 nitrogen and oxygen atoms in total. The number of carboxylic acid groups (broad SMARTS) is 2. The highest BCUT2D eigenvalue weighted by Crippen LogP contribution is 2.40. The molecule has 0 spiro atoms. The molecule has 0 N–H and O–H groups in total. The average Bonchev–Trinajstić information content (AvgIpc) is 2.85.